The lowest BCUT2D eigenvalue weighted by molar-refractivity contribution is 1.08. The van der Waals surface area contributed by atoms with Crippen molar-refractivity contribution < 1.29 is 0 Å². The highest BCUT2D eigenvalue weighted by Crippen LogP contribution is 2.18. The Morgan fingerprint density at radius 3 is 2.46 bits per heavy atom. The van der Waals surface area contributed by atoms with Gasteiger partial charge >= 0.3 is 0 Å². The van der Waals surface area contributed by atoms with E-state index in [9.17, 15) is 0 Å². The second-order valence-electron chi connectivity index (χ2n) is 3.03. The lowest BCUT2D eigenvalue weighted by Crippen LogP contribution is -1.95. The van der Waals surface area contributed by atoms with Crippen molar-refractivity contribution in [1.29, 1.82) is 0 Å². The summed E-state index contributed by atoms with van der Waals surface area (Å²) in [5.41, 5.74) is 6.76. The topological polar surface area (TPSA) is 26.0 Å². The maximum absolute atomic E-state index is 5.57. The molecule has 0 heterocycles. The van der Waals surface area contributed by atoms with Gasteiger partial charge in [0.1, 0.15) is 0 Å². The summed E-state index contributed by atoms with van der Waals surface area (Å²) in [7, 11) is 0. The molecule has 2 aromatic rings. The molecule has 0 atom stereocenters. The molecule has 0 aromatic heterocycles. The van der Waals surface area contributed by atoms with E-state index >= 15 is 0 Å². The molecule has 0 fully saturated rings. The average molecular weight is 283 g/mol. The number of halogens is 1. The van der Waals surface area contributed by atoms with E-state index in [1.165, 1.54) is 19.9 Å². The van der Waals surface area contributed by atoms with Crippen LogP contribution in [0.25, 0.3) is 10.8 Å². The average Bonchev–Trinajstić information content (AvgIpc) is 2.17. The summed E-state index contributed by atoms with van der Waals surface area (Å²) in [4.78, 5) is 0. The van der Waals surface area contributed by atoms with Gasteiger partial charge in [0, 0.05) is 10.1 Å². The summed E-state index contributed by atoms with van der Waals surface area (Å²) in [6.45, 7) is 0.613. The lowest BCUT2D eigenvalue weighted by atomic mass is 10.1. The molecule has 13 heavy (non-hydrogen) atoms. The molecule has 0 saturated heterocycles. The van der Waals surface area contributed by atoms with Gasteiger partial charge in [-0.05, 0) is 57.1 Å². The van der Waals surface area contributed by atoms with Crippen molar-refractivity contribution >= 4 is 33.4 Å². The molecule has 0 spiro atoms. The van der Waals surface area contributed by atoms with E-state index in [1.807, 2.05) is 0 Å². The molecule has 1 nitrogen and oxygen atoms in total. The van der Waals surface area contributed by atoms with Crippen molar-refractivity contribution in [3.05, 3.63) is 45.5 Å². The van der Waals surface area contributed by atoms with Crippen molar-refractivity contribution in [1.82, 2.24) is 0 Å². The zero-order valence-corrected chi connectivity index (χ0v) is 9.28. The summed E-state index contributed by atoms with van der Waals surface area (Å²) >= 11 is 2.32. The third kappa shape index (κ3) is 1.84. The van der Waals surface area contributed by atoms with Crippen LogP contribution in [0.2, 0.25) is 0 Å². The van der Waals surface area contributed by atoms with Gasteiger partial charge in [0.25, 0.3) is 0 Å². The Morgan fingerprint density at radius 2 is 1.69 bits per heavy atom. The summed E-state index contributed by atoms with van der Waals surface area (Å²) in [6.07, 6.45) is 0. The molecule has 0 aliphatic heterocycles. The molecule has 0 saturated carbocycles. The molecule has 0 amide bonds. The van der Waals surface area contributed by atoms with E-state index < -0.39 is 0 Å². The molecule has 0 unspecified atom stereocenters. The van der Waals surface area contributed by atoms with Crippen LogP contribution in [0.1, 0.15) is 5.56 Å². The van der Waals surface area contributed by atoms with Crippen LogP contribution in [0.15, 0.2) is 36.4 Å². The van der Waals surface area contributed by atoms with Gasteiger partial charge in [-0.3, -0.25) is 0 Å². The lowest BCUT2D eigenvalue weighted by Gasteiger charge is -2.01. The standard InChI is InChI=1S/C11H10IN/c12-11-4-3-9-5-8(7-13)1-2-10(9)6-11/h1-6H,7,13H2. The second kappa shape index (κ2) is 3.64. The third-order valence-electron chi connectivity index (χ3n) is 2.10. The van der Waals surface area contributed by atoms with Gasteiger partial charge in [-0.15, -0.1) is 0 Å². The largest absolute Gasteiger partial charge is 0.326 e. The summed E-state index contributed by atoms with van der Waals surface area (Å²) in [5, 5.41) is 2.55. The monoisotopic (exact) mass is 283 g/mol. The normalized spacial score (nSPS) is 10.6. The van der Waals surface area contributed by atoms with Crippen LogP contribution in [0.3, 0.4) is 0 Å². The van der Waals surface area contributed by atoms with E-state index in [0.717, 1.165) is 0 Å². The maximum atomic E-state index is 5.57. The fourth-order valence-corrected chi connectivity index (χ4v) is 1.91. The zero-order chi connectivity index (χ0) is 9.26. The van der Waals surface area contributed by atoms with Gasteiger partial charge in [-0.25, -0.2) is 0 Å². The SMILES string of the molecule is NCc1ccc2cc(I)ccc2c1. The Kier molecular flexibility index (Phi) is 2.51. The van der Waals surface area contributed by atoms with Crippen LogP contribution in [-0.4, -0.2) is 0 Å². The Morgan fingerprint density at radius 1 is 1.00 bits per heavy atom. The minimum absolute atomic E-state index is 0.613. The molecule has 66 valence electrons. The zero-order valence-electron chi connectivity index (χ0n) is 7.13. The van der Waals surface area contributed by atoms with Crippen molar-refractivity contribution in [2.24, 2.45) is 5.73 Å². The number of nitrogens with two attached hydrogens (primary N) is 1. The highest BCUT2D eigenvalue weighted by atomic mass is 127. The van der Waals surface area contributed by atoms with Gasteiger partial charge in [-0.1, -0.05) is 18.2 Å². The predicted molar refractivity (Wildman–Crippen MR) is 64.6 cm³/mol. The van der Waals surface area contributed by atoms with Crippen LogP contribution in [0.4, 0.5) is 0 Å². The van der Waals surface area contributed by atoms with E-state index in [1.54, 1.807) is 0 Å². The highest BCUT2D eigenvalue weighted by molar-refractivity contribution is 14.1. The van der Waals surface area contributed by atoms with Gasteiger partial charge in [0.05, 0.1) is 0 Å². The van der Waals surface area contributed by atoms with Gasteiger partial charge in [-0.2, -0.15) is 0 Å². The van der Waals surface area contributed by atoms with Crippen molar-refractivity contribution in [3.63, 3.8) is 0 Å². The van der Waals surface area contributed by atoms with Gasteiger partial charge < -0.3 is 5.73 Å². The number of hydrogen-bond acceptors (Lipinski definition) is 1. The van der Waals surface area contributed by atoms with Crippen molar-refractivity contribution in [2.75, 3.05) is 0 Å². The fraction of sp³-hybridized carbons (Fsp3) is 0.0909. The molecule has 2 N–H and O–H groups in total. The van der Waals surface area contributed by atoms with E-state index in [2.05, 4.69) is 59.0 Å². The number of rotatable bonds is 1. The van der Waals surface area contributed by atoms with E-state index in [4.69, 9.17) is 5.73 Å². The minimum atomic E-state index is 0.613. The quantitative estimate of drug-likeness (QED) is 0.800. The molecule has 0 aliphatic carbocycles. The Hall–Kier alpha value is -0.610. The molecular weight excluding hydrogens is 273 g/mol. The first-order chi connectivity index (χ1) is 6.29. The molecule has 0 radical (unpaired) electrons. The molecule has 2 rings (SSSR count). The number of benzene rings is 2. The van der Waals surface area contributed by atoms with Crippen molar-refractivity contribution in [3.8, 4) is 0 Å². The number of fused-ring (bicyclic) bond motifs is 1. The van der Waals surface area contributed by atoms with Crippen LogP contribution in [0, 0.1) is 3.57 Å². The fourth-order valence-electron chi connectivity index (χ4n) is 1.39. The van der Waals surface area contributed by atoms with E-state index in [-0.39, 0.29) is 0 Å². The minimum Gasteiger partial charge on any atom is -0.326 e. The Labute approximate surface area is 91.1 Å². The summed E-state index contributed by atoms with van der Waals surface area (Å²) < 4.78 is 1.27. The van der Waals surface area contributed by atoms with Crippen LogP contribution in [0.5, 0.6) is 0 Å². The molecular formula is C11H10IN. The van der Waals surface area contributed by atoms with E-state index in [0.29, 0.717) is 6.54 Å². The highest BCUT2D eigenvalue weighted by Gasteiger charge is 1.95. The second-order valence-corrected chi connectivity index (χ2v) is 4.28. The smallest absolute Gasteiger partial charge is 0.0178 e. The summed E-state index contributed by atoms with van der Waals surface area (Å²) in [6, 6.07) is 12.8. The predicted octanol–water partition coefficient (Wildman–Crippen LogP) is 2.90. The van der Waals surface area contributed by atoms with Crippen LogP contribution in [-0.2, 0) is 6.54 Å². The Bertz CT molecular complexity index is 437. The summed E-state index contributed by atoms with van der Waals surface area (Å²) in [5.74, 6) is 0. The van der Waals surface area contributed by atoms with Crippen molar-refractivity contribution in [2.45, 2.75) is 6.54 Å². The van der Waals surface area contributed by atoms with Gasteiger partial charge in [0.15, 0.2) is 0 Å². The number of hydrogen-bond donors (Lipinski definition) is 1. The Balaban J connectivity index is 2.66. The third-order valence-corrected chi connectivity index (χ3v) is 2.77. The molecule has 0 bridgehead atoms. The molecule has 2 aromatic carbocycles. The molecule has 2 heteroatoms. The van der Waals surface area contributed by atoms with Crippen LogP contribution >= 0.6 is 22.6 Å². The first kappa shape index (κ1) is 8.97. The first-order valence-corrected chi connectivity index (χ1v) is 5.26. The van der Waals surface area contributed by atoms with Crippen LogP contribution < -0.4 is 5.73 Å². The molecule has 0 aliphatic rings. The maximum Gasteiger partial charge on any atom is 0.0178 e. The first-order valence-electron chi connectivity index (χ1n) is 4.18. The van der Waals surface area contributed by atoms with Gasteiger partial charge in [0.2, 0.25) is 0 Å².